The summed E-state index contributed by atoms with van der Waals surface area (Å²) in [5, 5.41) is 19.0. The molecule has 1 unspecified atom stereocenters. The molecule has 0 fully saturated rings. The van der Waals surface area contributed by atoms with Crippen molar-refractivity contribution < 1.29 is 9.90 Å². The van der Waals surface area contributed by atoms with Crippen molar-refractivity contribution in [3.05, 3.63) is 29.8 Å². The van der Waals surface area contributed by atoms with E-state index < -0.39 is 12.0 Å². The number of benzene rings is 1. The number of nitrogens with two attached hydrogens (primary N) is 1. The highest BCUT2D eigenvalue weighted by Gasteiger charge is 2.14. The van der Waals surface area contributed by atoms with Crippen LogP contribution in [-0.2, 0) is 11.2 Å². The van der Waals surface area contributed by atoms with E-state index in [9.17, 15) is 4.79 Å². The smallest absolute Gasteiger partial charge is 0.320 e. The first-order valence-electron chi connectivity index (χ1n) is 7.33. The number of hydrogen-bond acceptors (Lipinski definition) is 6. The lowest BCUT2D eigenvalue weighted by Gasteiger charge is -2.22. The Labute approximate surface area is 129 Å². The summed E-state index contributed by atoms with van der Waals surface area (Å²) in [6, 6.07) is 6.49. The first-order valence-corrected chi connectivity index (χ1v) is 7.33. The maximum atomic E-state index is 10.8. The monoisotopic (exact) mass is 303 g/mol. The molecule has 1 heterocycles. The number of anilines is 1. The second-order valence-corrected chi connectivity index (χ2v) is 5.18. The summed E-state index contributed by atoms with van der Waals surface area (Å²) in [5.41, 5.74) is 11.0. The van der Waals surface area contributed by atoms with Gasteiger partial charge in [0, 0.05) is 0 Å². The molecule has 0 amide bonds. The number of carbonyl (C=O) groups is 1. The third-order valence-electron chi connectivity index (χ3n) is 3.32. The molecule has 1 aromatic rings. The molecule has 1 aromatic carbocycles. The third-order valence-corrected chi connectivity index (χ3v) is 3.32. The van der Waals surface area contributed by atoms with Crippen molar-refractivity contribution in [3.8, 4) is 0 Å². The topological polar surface area (TPSA) is 103 Å². The van der Waals surface area contributed by atoms with Crippen LogP contribution >= 0.6 is 0 Å². The number of unbranched alkanes of at least 4 members (excludes halogenated alkanes) is 1. The number of hydrazone groups is 2. The summed E-state index contributed by atoms with van der Waals surface area (Å²) in [4.78, 5) is 10.8. The van der Waals surface area contributed by atoms with Crippen molar-refractivity contribution in [2.75, 3.05) is 5.12 Å². The van der Waals surface area contributed by atoms with Gasteiger partial charge in [-0.15, -0.1) is 0 Å². The normalized spacial score (nSPS) is 15.2. The Morgan fingerprint density at radius 2 is 2.32 bits per heavy atom. The molecule has 1 atom stereocenters. The van der Waals surface area contributed by atoms with Crippen molar-refractivity contribution in [3.63, 3.8) is 0 Å². The van der Waals surface area contributed by atoms with Gasteiger partial charge in [-0.2, -0.15) is 20.9 Å². The molecule has 1 aliphatic heterocycles. The number of nitrogens with one attached hydrogen (secondary N) is 1. The van der Waals surface area contributed by atoms with Gasteiger partial charge in [-0.3, -0.25) is 4.79 Å². The van der Waals surface area contributed by atoms with Gasteiger partial charge in [0.1, 0.15) is 6.04 Å². The maximum absolute atomic E-state index is 10.8. The van der Waals surface area contributed by atoms with Crippen molar-refractivity contribution in [1.82, 2.24) is 5.53 Å². The van der Waals surface area contributed by atoms with Crippen LogP contribution in [0.1, 0.15) is 31.7 Å². The minimum atomic E-state index is -1.01. The van der Waals surface area contributed by atoms with Gasteiger partial charge in [0.25, 0.3) is 0 Å². The highest BCUT2D eigenvalue weighted by Crippen LogP contribution is 2.17. The van der Waals surface area contributed by atoms with E-state index in [4.69, 9.17) is 10.8 Å². The summed E-state index contributed by atoms with van der Waals surface area (Å²) in [6.45, 7) is 2.13. The summed E-state index contributed by atoms with van der Waals surface area (Å²) in [7, 11) is 0. The molecule has 22 heavy (non-hydrogen) atoms. The number of rotatable bonds is 7. The lowest BCUT2D eigenvalue weighted by atomic mass is 10.1. The van der Waals surface area contributed by atoms with E-state index in [1.54, 1.807) is 11.3 Å². The fourth-order valence-electron chi connectivity index (χ4n) is 2.05. The molecule has 7 nitrogen and oxygen atoms in total. The predicted octanol–water partition coefficient (Wildman–Crippen LogP) is 1.50. The van der Waals surface area contributed by atoms with Gasteiger partial charge in [0.15, 0.2) is 0 Å². The molecule has 118 valence electrons. The highest BCUT2D eigenvalue weighted by atomic mass is 16.4. The van der Waals surface area contributed by atoms with Crippen LogP contribution in [0.4, 0.5) is 5.69 Å². The minimum absolute atomic E-state index is 0.270. The van der Waals surface area contributed by atoms with Crippen LogP contribution < -0.4 is 16.4 Å². The number of aliphatic carboxylic acids is 1. The van der Waals surface area contributed by atoms with Gasteiger partial charge in [-0.05, 0) is 37.0 Å². The average molecular weight is 303 g/mol. The van der Waals surface area contributed by atoms with E-state index >= 15 is 0 Å². The average Bonchev–Trinajstić information content (AvgIpc) is 2.53. The second-order valence-electron chi connectivity index (χ2n) is 5.18. The third kappa shape index (κ3) is 4.29. The molecule has 4 N–H and O–H groups in total. The van der Waals surface area contributed by atoms with Crippen LogP contribution in [0.2, 0.25) is 0 Å². The first-order chi connectivity index (χ1) is 10.6. The van der Waals surface area contributed by atoms with Gasteiger partial charge < -0.3 is 10.8 Å². The largest absolute Gasteiger partial charge is 0.480 e. The van der Waals surface area contributed by atoms with Crippen molar-refractivity contribution >= 4 is 23.6 Å². The second kappa shape index (κ2) is 7.56. The minimum Gasteiger partial charge on any atom is -0.480 e. The number of carboxylic acids is 1. The quantitative estimate of drug-likeness (QED) is 0.708. The Kier molecular flexibility index (Phi) is 5.48. The van der Waals surface area contributed by atoms with Crippen molar-refractivity contribution in [1.29, 1.82) is 0 Å². The van der Waals surface area contributed by atoms with Crippen molar-refractivity contribution in [2.45, 2.75) is 38.6 Å². The van der Waals surface area contributed by atoms with Gasteiger partial charge in [0.2, 0.25) is 0 Å². The molecule has 0 radical (unpaired) electrons. The van der Waals surface area contributed by atoms with Crippen LogP contribution in [0, 0.1) is 0 Å². The summed E-state index contributed by atoms with van der Waals surface area (Å²) < 4.78 is 0. The van der Waals surface area contributed by atoms with Gasteiger partial charge in [-0.25, -0.2) is 0 Å². The molecule has 0 saturated carbocycles. The molecule has 0 aliphatic carbocycles. The molecule has 0 spiro atoms. The number of hydrazine groups is 1. The molecule has 7 heteroatoms. The van der Waals surface area contributed by atoms with Gasteiger partial charge in [-0.1, -0.05) is 25.5 Å². The predicted molar refractivity (Wildman–Crippen MR) is 86.8 cm³/mol. The Morgan fingerprint density at radius 1 is 1.50 bits per heavy atom. The van der Waals surface area contributed by atoms with E-state index in [1.165, 1.54) is 0 Å². The van der Waals surface area contributed by atoms with Crippen LogP contribution in [0.15, 0.2) is 34.5 Å². The summed E-state index contributed by atoms with van der Waals surface area (Å²) >= 11 is 0. The van der Waals surface area contributed by atoms with Crippen LogP contribution in [0.3, 0.4) is 0 Å². The Hall–Kier alpha value is -2.41. The lowest BCUT2D eigenvalue weighted by molar-refractivity contribution is -0.138. The fraction of sp³-hybridized carbons (Fsp3) is 0.400. The van der Waals surface area contributed by atoms with Gasteiger partial charge >= 0.3 is 5.97 Å². The summed E-state index contributed by atoms with van der Waals surface area (Å²) in [5.74, 6) is -1.01. The molecule has 2 rings (SSSR count). The summed E-state index contributed by atoms with van der Waals surface area (Å²) in [6.07, 6.45) is 5.10. The van der Waals surface area contributed by atoms with E-state index in [1.807, 2.05) is 24.3 Å². The van der Waals surface area contributed by atoms with Crippen LogP contribution in [-0.4, -0.2) is 29.0 Å². The Morgan fingerprint density at radius 3 is 2.95 bits per heavy atom. The SMILES string of the molecule is CCCCC1=NNN(c2cccc(CC(N)C(=O)O)c2)N=C1. The van der Waals surface area contributed by atoms with Crippen LogP contribution in [0.25, 0.3) is 0 Å². The zero-order valence-electron chi connectivity index (χ0n) is 12.6. The van der Waals surface area contributed by atoms with Crippen LogP contribution in [0.5, 0.6) is 0 Å². The zero-order valence-corrected chi connectivity index (χ0v) is 12.6. The van der Waals surface area contributed by atoms with Crippen molar-refractivity contribution in [2.24, 2.45) is 15.9 Å². The maximum Gasteiger partial charge on any atom is 0.320 e. The van der Waals surface area contributed by atoms with E-state index in [0.29, 0.717) is 0 Å². The Bertz CT molecular complexity index is 585. The molecular weight excluding hydrogens is 282 g/mol. The Balaban J connectivity index is 2.01. The van der Waals surface area contributed by atoms with E-state index in [2.05, 4.69) is 22.7 Å². The number of nitrogens with zero attached hydrogens (tertiary/aromatic N) is 3. The first kappa shape index (κ1) is 16.0. The fourth-order valence-corrected chi connectivity index (χ4v) is 2.05. The molecule has 0 saturated heterocycles. The highest BCUT2D eigenvalue weighted by molar-refractivity contribution is 6.31. The molecule has 0 bridgehead atoms. The van der Waals surface area contributed by atoms with E-state index in [-0.39, 0.29) is 6.42 Å². The molecular formula is C15H21N5O2. The van der Waals surface area contributed by atoms with Gasteiger partial charge in [0.05, 0.1) is 17.6 Å². The zero-order chi connectivity index (χ0) is 15.9. The molecule has 1 aliphatic rings. The molecule has 0 aromatic heterocycles. The van der Waals surface area contributed by atoms with E-state index in [0.717, 1.165) is 36.2 Å². The number of carboxylic acid groups (broad SMARTS) is 1. The number of hydrogen-bond donors (Lipinski definition) is 3. The standard InChI is InChI=1S/C15H21N5O2/c1-2-3-6-12-10-17-20(19-18-12)13-7-4-5-11(8-13)9-14(16)15(21)22/h4-5,7-8,10,14,19H,2-3,6,9,16H2,1H3,(H,21,22). The lowest BCUT2D eigenvalue weighted by Crippen LogP contribution is -2.35.